The Morgan fingerprint density at radius 2 is 1.35 bits per heavy atom. The van der Waals surface area contributed by atoms with Crippen LogP contribution < -0.4 is 0 Å². The molecular formula is C22H29N. The van der Waals surface area contributed by atoms with Crippen LogP contribution in [-0.4, -0.2) is 4.98 Å². The van der Waals surface area contributed by atoms with Crippen molar-refractivity contribution < 1.29 is 0 Å². The third-order valence-corrected chi connectivity index (χ3v) is 7.16. The SMILES string of the molecule is Cc1cnc(-c2ccc3c(c2)C(C)(C)C(C)(C)C3(C)C)cc1C. The van der Waals surface area contributed by atoms with Gasteiger partial charge >= 0.3 is 0 Å². The van der Waals surface area contributed by atoms with Gasteiger partial charge in [0.1, 0.15) is 0 Å². The molecule has 3 rings (SSSR count). The molecule has 0 N–H and O–H groups in total. The summed E-state index contributed by atoms with van der Waals surface area (Å²) >= 11 is 0. The van der Waals surface area contributed by atoms with E-state index in [-0.39, 0.29) is 16.2 Å². The number of rotatable bonds is 1. The largest absolute Gasteiger partial charge is 0.256 e. The molecule has 0 unspecified atom stereocenters. The van der Waals surface area contributed by atoms with E-state index in [0.717, 1.165) is 5.69 Å². The Morgan fingerprint density at radius 1 is 0.739 bits per heavy atom. The number of hydrogen-bond acceptors (Lipinski definition) is 1. The minimum Gasteiger partial charge on any atom is -0.256 e. The molecule has 0 bridgehead atoms. The van der Waals surface area contributed by atoms with Crippen molar-refractivity contribution in [1.82, 2.24) is 4.98 Å². The average Bonchev–Trinajstić information content (AvgIpc) is 2.58. The van der Waals surface area contributed by atoms with Crippen LogP contribution in [0.1, 0.15) is 63.8 Å². The van der Waals surface area contributed by atoms with E-state index in [4.69, 9.17) is 0 Å². The smallest absolute Gasteiger partial charge is 0.0704 e. The van der Waals surface area contributed by atoms with Crippen molar-refractivity contribution in [2.24, 2.45) is 5.41 Å². The second kappa shape index (κ2) is 4.69. The highest BCUT2D eigenvalue weighted by Gasteiger charge is 2.56. The zero-order valence-corrected chi connectivity index (χ0v) is 15.8. The number of aryl methyl sites for hydroxylation is 2. The summed E-state index contributed by atoms with van der Waals surface area (Å²) in [4.78, 5) is 4.66. The van der Waals surface area contributed by atoms with Crippen molar-refractivity contribution in [2.45, 2.75) is 66.2 Å². The Hall–Kier alpha value is -1.63. The van der Waals surface area contributed by atoms with E-state index < -0.39 is 0 Å². The number of benzene rings is 1. The molecule has 0 radical (unpaired) electrons. The Kier molecular flexibility index (Phi) is 3.31. The fourth-order valence-corrected chi connectivity index (χ4v) is 4.00. The van der Waals surface area contributed by atoms with Gasteiger partial charge in [-0.3, -0.25) is 4.98 Å². The molecule has 122 valence electrons. The van der Waals surface area contributed by atoms with E-state index >= 15 is 0 Å². The minimum absolute atomic E-state index is 0.140. The molecule has 0 spiro atoms. The van der Waals surface area contributed by atoms with Gasteiger partial charge in [-0.25, -0.2) is 0 Å². The molecular weight excluding hydrogens is 278 g/mol. The molecule has 1 aliphatic rings. The number of nitrogens with zero attached hydrogens (tertiary/aromatic N) is 1. The second-order valence-electron chi connectivity index (χ2n) is 8.79. The molecule has 0 amide bonds. The molecule has 0 atom stereocenters. The molecule has 0 aliphatic heterocycles. The first-order chi connectivity index (χ1) is 10.5. The Morgan fingerprint density at radius 3 is 1.96 bits per heavy atom. The van der Waals surface area contributed by atoms with Gasteiger partial charge in [-0.15, -0.1) is 0 Å². The first kappa shape index (κ1) is 16.2. The molecule has 1 aromatic carbocycles. The maximum Gasteiger partial charge on any atom is 0.0704 e. The van der Waals surface area contributed by atoms with E-state index in [1.54, 1.807) is 0 Å². The van der Waals surface area contributed by atoms with Crippen LogP contribution in [0.25, 0.3) is 11.3 Å². The lowest BCUT2D eigenvalue weighted by molar-refractivity contribution is 0.125. The Labute approximate surface area is 141 Å². The molecule has 1 heterocycles. The predicted octanol–water partition coefficient (Wildman–Crippen LogP) is 5.96. The van der Waals surface area contributed by atoms with Crippen molar-refractivity contribution in [1.29, 1.82) is 0 Å². The van der Waals surface area contributed by atoms with Gasteiger partial charge in [-0.2, -0.15) is 0 Å². The molecule has 1 heteroatoms. The molecule has 1 nitrogen and oxygen atoms in total. The zero-order valence-electron chi connectivity index (χ0n) is 15.8. The normalized spacial score (nSPS) is 20.3. The van der Waals surface area contributed by atoms with E-state index in [1.165, 1.54) is 27.8 Å². The predicted molar refractivity (Wildman–Crippen MR) is 99.0 cm³/mol. The Bertz CT molecular complexity index is 779. The van der Waals surface area contributed by atoms with E-state index in [0.29, 0.717) is 0 Å². The van der Waals surface area contributed by atoms with Gasteiger partial charge in [-0.1, -0.05) is 53.7 Å². The highest BCUT2D eigenvalue weighted by Crippen LogP contribution is 2.61. The van der Waals surface area contributed by atoms with Crippen LogP contribution >= 0.6 is 0 Å². The van der Waals surface area contributed by atoms with E-state index in [2.05, 4.69) is 84.6 Å². The van der Waals surface area contributed by atoms with Crippen LogP contribution in [-0.2, 0) is 10.8 Å². The fraction of sp³-hybridized carbons (Fsp3) is 0.500. The lowest BCUT2D eigenvalue weighted by Crippen LogP contribution is -2.42. The quantitative estimate of drug-likeness (QED) is 0.633. The van der Waals surface area contributed by atoms with Crippen LogP contribution in [0.5, 0.6) is 0 Å². The molecule has 1 aliphatic carbocycles. The van der Waals surface area contributed by atoms with Gasteiger partial charge < -0.3 is 0 Å². The molecule has 1 aromatic heterocycles. The van der Waals surface area contributed by atoms with Crippen LogP contribution in [0.4, 0.5) is 0 Å². The third-order valence-electron chi connectivity index (χ3n) is 7.16. The first-order valence-corrected chi connectivity index (χ1v) is 8.59. The van der Waals surface area contributed by atoms with Crippen LogP contribution in [0, 0.1) is 19.3 Å². The molecule has 0 saturated carbocycles. The lowest BCUT2D eigenvalue weighted by atomic mass is 9.59. The second-order valence-corrected chi connectivity index (χ2v) is 8.79. The summed E-state index contributed by atoms with van der Waals surface area (Å²) in [5, 5.41) is 0. The lowest BCUT2D eigenvalue weighted by Gasteiger charge is -2.44. The van der Waals surface area contributed by atoms with Gasteiger partial charge in [-0.05, 0) is 64.5 Å². The topological polar surface area (TPSA) is 12.9 Å². The van der Waals surface area contributed by atoms with Crippen LogP contribution in [0.2, 0.25) is 0 Å². The van der Waals surface area contributed by atoms with E-state index in [1.807, 2.05) is 6.20 Å². The van der Waals surface area contributed by atoms with Crippen LogP contribution in [0.15, 0.2) is 30.5 Å². The van der Waals surface area contributed by atoms with Crippen molar-refractivity contribution in [3.05, 3.63) is 52.7 Å². The number of aromatic nitrogens is 1. The standard InChI is InChI=1S/C22H29N/c1-14-11-19(23-13-15(14)2)16-9-10-17-18(12-16)21(5,6)22(7,8)20(17,3)4/h9-13H,1-8H3. The van der Waals surface area contributed by atoms with Gasteiger partial charge in [0.15, 0.2) is 0 Å². The summed E-state index contributed by atoms with van der Waals surface area (Å²) in [6.45, 7) is 18.6. The summed E-state index contributed by atoms with van der Waals surface area (Å²) < 4.78 is 0. The van der Waals surface area contributed by atoms with Crippen LogP contribution in [0.3, 0.4) is 0 Å². The summed E-state index contributed by atoms with van der Waals surface area (Å²) in [5.41, 5.74) is 8.33. The zero-order chi connectivity index (χ0) is 17.2. The Balaban J connectivity index is 2.20. The summed E-state index contributed by atoms with van der Waals surface area (Å²) in [5.74, 6) is 0. The van der Waals surface area contributed by atoms with Crippen molar-refractivity contribution in [2.75, 3.05) is 0 Å². The third kappa shape index (κ3) is 2.02. The van der Waals surface area contributed by atoms with Crippen molar-refractivity contribution in [3.8, 4) is 11.3 Å². The molecule has 23 heavy (non-hydrogen) atoms. The summed E-state index contributed by atoms with van der Waals surface area (Å²) in [6, 6.07) is 9.16. The average molecular weight is 307 g/mol. The molecule has 0 fully saturated rings. The highest BCUT2D eigenvalue weighted by molar-refractivity contribution is 5.65. The minimum atomic E-state index is 0.140. The number of fused-ring (bicyclic) bond motifs is 1. The summed E-state index contributed by atoms with van der Waals surface area (Å²) in [7, 11) is 0. The highest BCUT2D eigenvalue weighted by atomic mass is 14.7. The van der Waals surface area contributed by atoms with Gasteiger partial charge in [0.2, 0.25) is 0 Å². The first-order valence-electron chi connectivity index (χ1n) is 8.59. The monoisotopic (exact) mass is 307 g/mol. The van der Waals surface area contributed by atoms with Gasteiger partial charge in [0, 0.05) is 11.8 Å². The number of pyridine rings is 1. The van der Waals surface area contributed by atoms with Gasteiger partial charge in [0.05, 0.1) is 5.69 Å². The summed E-state index contributed by atoms with van der Waals surface area (Å²) in [6.07, 6.45) is 1.98. The van der Waals surface area contributed by atoms with Gasteiger partial charge in [0.25, 0.3) is 0 Å². The molecule has 2 aromatic rings. The fourth-order valence-electron chi connectivity index (χ4n) is 4.00. The maximum atomic E-state index is 4.66. The molecule has 0 saturated heterocycles. The van der Waals surface area contributed by atoms with Crippen molar-refractivity contribution >= 4 is 0 Å². The number of hydrogen-bond donors (Lipinski definition) is 0. The van der Waals surface area contributed by atoms with Crippen molar-refractivity contribution in [3.63, 3.8) is 0 Å². The maximum absolute atomic E-state index is 4.66. The van der Waals surface area contributed by atoms with E-state index in [9.17, 15) is 0 Å².